The predicted molar refractivity (Wildman–Crippen MR) is 83.4 cm³/mol. The monoisotopic (exact) mass is 289 g/mol. The van der Waals surface area contributed by atoms with E-state index in [1.54, 1.807) is 10.9 Å². The Morgan fingerprint density at radius 2 is 1.86 bits per heavy atom. The molecule has 2 aromatic heterocycles. The van der Waals surface area contributed by atoms with Crippen molar-refractivity contribution >= 4 is 11.6 Å². The van der Waals surface area contributed by atoms with Gasteiger partial charge >= 0.3 is 0 Å². The third-order valence-corrected chi connectivity index (χ3v) is 2.87. The molecule has 21 heavy (non-hydrogen) atoms. The van der Waals surface area contributed by atoms with Gasteiger partial charge in [0.25, 0.3) is 0 Å². The summed E-state index contributed by atoms with van der Waals surface area (Å²) in [5.41, 5.74) is -0.0895. The first kappa shape index (κ1) is 15.2. The molecule has 0 aliphatic carbocycles. The molecule has 0 aromatic carbocycles. The van der Waals surface area contributed by atoms with Crippen molar-refractivity contribution in [3.8, 4) is 0 Å². The second-order valence-electron chi connectivity index (χ2n) is 5.84. The summed E-state index contributed by atoms with van der Waals surface area (Å²) in [6.07, 6.45) is 3.51. The zero-order valence-corrected chi connectivity index (χ0v) is 13.1. The molecule has 2 rings (SSSR count). The number of anilines is 2. The highest BCUT2D eigenvalue weighted by Crippen LogP contribution is 2.22. The summed E-state index contributed by atoms with van der Waals surface area (Å²) in [6, 6.07) is 1.93. The van der Waals surface area contributed by atoms with E-state index >= 15 is 0 Å². The van der Waals surface area contributed by atoms with E-state index in [2.05, 4.69) is 58.6 Å². The standard InChI is InChI=1S/C14H23N7/c1-5-15-11-10-12(19-13(18-11)14(2,3)4)16-6-8-21-9-7-17-20-21/h7,9-10H,5-6,8H2,1-4H3,(H2,15,16,18,19). The lowest BCUT2D eigenvalue weighted by Gasteiger charge is -2.19. The molecule has 0 fully saturated rings. The summed E-state index contributed by atoms with van der Waals surface area (Å²) in [7, 11) is 0. The lowest BCUT2D eigenvalue weighted by molar-refractivity contribution is 0.546. The minimum Gasteiger partial charge on any atom is -0.370 e. The van der Waals surface area contributed by atoms with Gasteiger partial charge in [-0.05, 0) is 6.92 Å². The van der Waals surface area contributed by atoms with Gasteiger partial charge in [-0.15, -0.1) is 5.10 Å². The van der Waals surface area contributed by atoms with Crippen LogP contribution in [-0.4, -0.2) is 38.1 Å². The number of aromatic nitrogens is 5. The number of hydrogen-bond acceptors (Lipinski definition) is 6. The van der Waals surface area contributed by atoms with E-state index in [-0.39, 0.29) is 5.41 Å². The third kappa shape index (κ3) is 4.40. The summed E-state index contributed by atoms with van der Waals surface area (Å²) in [5.74, 6) is 2.50. The van der Waals surface area contributed by atoms with Gasteiger partial charge in [0, 0.05) is 30.8 Å². The highest BCUT2D eigenvalue weighted by Gasteiger charge is 2.19. The highest BCUT2D eigenvalue weighted by atomic mass is 15.4. The van der Waals surface area contributed by atoms with Crippen LogP contribution in [0.15, 0.2) is 18.5 Å². The van der Waals surface area contributed by atoms with Crippen LogP contribution in [-0.2, 0) is 12.0 Å². The van der Waals surface area contributed by atoms with Crippen molar-refractivity contribution in [2.75, 3.05) is 23.7 Å². The molecule has 0 atom stereocenters. The molecule has 0 unspecified atom stereocenters. The molecular formula is C14H23N7. The molecule has 0 saturated heterocycles. The van der Waals surface area contributed by atoms with Crippen molar-refractivity contribution in [2.45, 2.75) is 39.7 Å². The van der Waals surface area contributed by atoms with Crippen LogP contribution < -0.4 is 10.6 Å². The molecule has 7 heteroatoms. The molecule has 0 saturated carbocycles. The van der Waals surface area contributed by atoms with Gasteiger partial charge in [0.2, 0.25) is 0 Å². The summed E-state index contributed by atoms with van der Waals surface area (Å²) in [5, 5.41) is 14.3. The van der Waals surface area contributed by atoms with Crippen molar-refractivity contribution < 1.29 is 0 Å². The maximum atomic E-state index is 4.60. The van der Waals surface area contributed by atoms with Gasteiger partial charge in [0.1, 0.15) is 17.5 Å². The van der Waals surface area contributed by atoms with Crippen LogP contribution in [0.25, 0.3) is 0 Å². The highest BCUT2D eigenvalue weighted by molar-refractivity contribution is 5.48. The maximum absolute atomic E-state index is 4.60. The first-order valence-electron chi connectivity index (χ1n) is 7.20. The molecule has 2 aromatic rings. The van der Waals surface area contributed by atoms with Crippen LogP contribution in [0.2, 0.25) is 0 Å². The van der Waals surface area contributed by atoms with Crippen LogP contribution in [0.4, 0.5) is 11.6 Å². The Kier molecular flexibility index (Phi) is 4.72. The maximum Gasteiger partial charge on any atom is 0.138 e. The van der Waals surface area contributed by atoms with E-state index in [0.29, 0.717) is 0 Å². The Labute approximate surface area is 125 Å². The molecule has 0 bridgehead atoms. The zero-order chi connectivity index (χ0) is 15.3. The SMILES string of the molecule is CCNc1cc(NCCn2ccnn2)nc(C(C)(C)C)n1. The quantitative estimate of drug-likeness (QED) is 0.845. The zero-order valence-electron chi connectivity index (χ0n) is 13.1. The van der Waals surface area contributed by atoms with Gasteiger partial charge in [0.05, 0.1) is 12.7 Å². The Morgan fingerprint density at radius 1 is 1.14 bits per heavy atom. The lowest BCUT2D eigenvalue weighted by Crippen LogP contribution is -2.19. The van der Waals surface area contributed by atoms with Crippen molar-refractivity contribution in [2.24, 2.45) is 0 Å². The van der Waals surface area contributed by atoms with Crippen molar-refractivity contribution in [3.05, 3.63) is 24.3 Å². The Morgan fingerprint density at radius 3 is 2.43 bits per heavy atom. The molecule has 0 aliphatic rings. The molecule has 2 N–H and O–H groups in total. The number of nitrogens with one attached hydrogen (secondary N) is 2. The van der Waals surface area contributed by atoms with E-state index in [9.17, 15) is 0 Å². The van der Waals surface area contributed by atoms with Crippen LogP contribution in [0.1, 0.15) is 33.5 Å². The lowest BCUT2D eigenvalue weighted by atomic mass is 9.96. The largest absolute Gasteiger partial charge is 0.370 e. The molecule has 114 valence electrons. The van der Waals surface area contributed by atoms with Crippen molar-refractivity contribution in [1.29, 1.82) is 0 Å². The van der Waals surface area contributed by atoms with Crippen LogP contribution in [0, 0.1) is 0 Å². The average molecular weight is 289 g/mol. The van der Waals surface area contributed by atoms with Gasteiger partial charge in [-0.3, -0.25) is 4.68 Å². The predicted octanol–water partition coefficient (Wildman–Crippen LogP) is 1.91. The second kappa shape index (κ2) is 6.51. The number of rotatable bonds is 6. The fourth-order valence-electron chi connectivity index (χ4n) is 1.80. The van der Waals surface area contributed by atoms with Gasteiger partial charge in [-0.1, -0.05) is 26.0 Å². The first-order valence-corrected chi connectivity index (χ1v) is 7.20. The first-order chi connectivity index (χ1) is 9.99. The normalized spacial score (nSPS) is 11.4. The number of nitrogens with zero attached hydrogens (tertiary/aromatic N) is 5. The van der Waals surface area contributed by atoms with E-state index in [1.807, 2.05) is 12.3 Å². The summed E-state index contributed by atoms with van der Waals surface area (Å²) in [4.78, 5) is 9.16. The second-order valence-corrected chi connectivity index (χ2v) is 5.84. The van der Waals surface area contributed by atoms with E-state index in [1.165, 1.54) is 0 Å². The molecule has 7 nitrogen and oxygen atoms in total. The smallest absolute Gasteiger partial charge is 0.138 e. The fourth-order valence-corrected chi connectivity index (χ4v) is 1.80. The van der Waals surface area contributed by atoms with Crippen LogP contribution >= 0.6 is 0 Å². The van der Waals surface area contributed by atoms with E-state index < -0.39 is 0 Å². The molecular weight excluding hydrogens is 266 g/mol. The molecule has 0 radical (unpaired) electrons. The van der Waals surface area contributed by atoms with Crippen molar-refractivity contribution in [1.82, 2.24) is 25.0 Å². The topological polar surface area (TPSA) is 80.5 Å². The van der Waals surface area contributed by atoms with Gasteiger partial charge in [0.15, 0.2) is 0 Å². The summed E-state index contributed by atoms with van der Waals surface area (Å²) in [6.45, 7) is 10.7. The Hall–Kier alpha value is -2.18. The van der Waals surface area contributed by atoms with Gasteiger partial charge in [-0.2, -0.15) is 0 Å². The van der Waals surface area contributed by atoms with Crippen LogP contribution in [0.5, 0.6) is 0 Å². The molecule has 0 spiro atoms. The third-order valence-electron chi connectivity index (χ3n) is 2.87. The van der Waals surface area contributed by atoms with Crippen LogP contribution in [0.3, 0.4) is 0 Å². The summed E-state index contributed by atoms with van der Waals surface area (Å²) < 4.78 is 1.78. The molecule has 0 aliphatic heterocycles. The fraction of sp³-hybridized carbons (Fsp3) is 0.571. The van der Waals surface area contributed by atoms with Crippen molar-refractivity contribution in [3.63, 3.8) is 0 Å². The molecule has 0 amide bonds. The Bertz CT molecular complexity index is 557. The minimum absolute atomic E-state index is 0.0895. The van der Waals surface area contributed by atoms with E-state index in [4.69, 9.17) is 0 Å². The number of hydrogen-bond donors (Lipinski definition) is 2. The Balaban J connectivity index is 2.08. The average Bonchev–Trinajstić information content (AvgIpc) is 2.91. The summed E-state index contributed by atoms with van der Waals surface area (Å²) >= 11 is 0. The molecule has 2 heterocycles. The minimum atomic E-state index is -0.0895. The van der Waals surface area contributed by atoms with Gasteiger partial charge < -0.3 is 10.6 Å². The van der Waals surface area contributed by atoms with E-state index in [0.717, 1.165) is 37.1 Å². The van der Waals surface area contributed by atoms with Gasteiger partial charge in [-0.25, -0.2) is 9.97 Å².